The van der Waals surface area contributed by atoms with Crippen molar-refractivity contribution in [2.24, 2.45) is 0 Å². The van der Waals surface area contributed by atoms with Crippen molar-refractivity contribution in [3.8, 4) is 0 Å². The van der Waals surface area contributed by atoms with Gasteiger partial charge in [-0.1, -0.05) is 0 Å². The second kappa shape index (κ2) is 6.43. The van der Waals surface area contributed by atoms with Gasteiger partial charge >= 0.3 is 0 Å². The molecule has 8 heteroatoms. The van der Waals surface area contributed by atoms with Crippen LogP contribution in [-0.2, 0) is 14.8 Å². The first-order valence-corrected chi connectivity index (χ1v) is 9.10. The molecule has 0 saturated carbocycles. The molecule has 1 aromatic heterocycles. The lowest BCUT2D eigenvalue weighted by Gasteiger charge is -2.29. The maximum absolute atomic E-state index is 12.5. The van der Waals surface area contributed by atoms with E-state index < -0.39 is 10.0 Å². The Morgan fingerprint density at radius 1 is 1.38 bits per heavy atom. The van der Waals surface area contributed by atoms with Gasteiger partial charge in [-0.15, -0.1) is 11.3 Å². The van der Waals surface area contributed by atoms with Crippen LogP contribution in [0.1, 0.15) is 10.4 Å². The molecule has 1 aromatic rings. The lowest BCUT2D eigenvalue weighted by molar-refractivity contribution is -0.131. The van der Waals surface area contributed by atoms with Gasteiger partial charge in [-0.25, -0.2) is 8.42 Å². The lowest BCUT2D eigenvalue weighted by atomic mass is 10.3. The Kier molecular flexibility index (Phi) is 5.03. The van der Waals surface area contributed by atoms with Crippen molar-refractivity contribution < 1.29 is 13.2 Å². The highest BCUT2D eigenvalue weighted by atomic mass is 32.2. The number of hydrogen-bond donors (Lipinski definition) is 1. The Labute approximate surface area is 129 Å². The predicted octanol–water partition coefficient (Wildman–Crippen LogP) is 0.417. The molecule has 21 heavy (non-hydrogen) atoms. The molecule has 0 spiro atoms. The van der Waals surface area contributed by atoms with Gasteiger partial charge < -0.3 is 10.2 Å². The quantitative estimate of drug-likeness (QED) is 0.868. The first-order valence-electron chi connectivity index (χ1n) is 6.84. The van der Waals surface area contributed by atoms with Crippen LogP contribution in [0.25, 0.3) is 0 Å². The number of carbonyl (C=O) groups is 1. The fourth-order valence-corrected chi connectivity index (χ4v) is 5.28. The molecule has 1 N–H and O–H groups in total. The zero-order chi connectivity index (χ0) is 15.6. The third kappa shape index (κ3) is 3.63. The molecule has 1 aliphatic rings. The van der Waals surface area contributed by atoms with Crippen LogP contribution in [0.2, 0.25) is 0 Å². The number of aryl methyl sites for hydroxylation is 2. The second-order valence-corrected chi connectivity index (χ2v) is 8.72. The number of sulfonamides is 1. The molecule has 2 heterocycles. The molecular formula is C13H21N3O3S2. The van der Waals surface area contributed by atoms with E-state index in [0.29, 0.717) is 17.3 Å². The maximum Gasteiger partial charge on any atom is 0.253 e. The Balaban J connectivity index is 2.09. The van der Waals surface area contributed by atoms with Crippen LogP contribution in [-0.4, -0.2) is 63.3 Å². The number of rotatable bonds is 4. The number of nitrogens with zero attached hydrogens (tertiary/aromatic N) is 2. The Morgan fingerprint density at radius 2 is 2.00 bits per heavy atom. The summed E-state index contributed by atoms with van der Waals surface area (Å²) in [6.07, 6.45) is 0. The van der Waals surface area contributed by atoms with E-state index in [0.717, 1.165) is 27.8 Å². The third-order valence-corrected chi connectivity index (χ3v) is 7.04. The normalized spacial score (nSPS) is 16.5. The van der Waals surface area contributed by atoms with Crippen LogP contribution in [0.5, 0.6) is 0 Å². The number of piperazine rings is 1. The highest BCUT2D eigenvalue weighted by Crippen LogP contribution is 2.28. The van der Waals surface area contributed by atoms with Crippen LogP contribution in [0.15, 0.2) is 10.3 Å². The average molecular weight is 331 g/mol. The van der Waals surface area contributed by atoms with Crippen molar-refractivity contribution in [3.63, 3.8) is 0 Å². The minimum Gasteiger partial charge on any atom is -0.339 e. The van der Waals surface area contributed by atoms with Gasteiger partial charge in [0.25, 0.3) is 10.0 Å². The van der Waals surface area contributed by atoms with Gasteiger partial charge in [0.1, 0.15) is 4.21 Å². The summed E-state index contributed by atoms with van der Waals surface area (Å²) in [5.41, 5.74) is 0.735. The lowest BCUT2D eigenvalue weighted by Crippen LogP contribution is -2.49. The van der Waals surface area contributed by atoms with E-state index in [9.17, 15) is 13.2 Å². The molecule has 0 atom stereocenters. The third-order valence-electron chi connectivity index (χ3n) is 3.47. The van der Waals surface area contributed by atoms with Crippen molar-refractivity contribution >= 4 is 27.3 Å². The van der Waals surface area contributed by atoms with Crippen molar-refractivity contribution in [2.45, 2.75) is 18.1 Å². The zero-order valence-electron chi connectivity index (χ0n) is 12.5. The number of carbonyl (C=O) groups excluding carboxylic acids is 1. The van der Waals surface area contributed by atoms with E-state index in [1.165, 1.54) is 18.4 Å². The summed E-state index contributed by atoms with van der Waals surface area (Å²) < 4.78 is 26.6. The van der Waals surface area contributed by atoms with Crippen molar-refractivity contribution in [3.05, 3.63) is 16.5 Å². The summed E-state index contributed by atoms with van der Waals surface area (Å²) in [5, 5.41) is 3.17. The number of nitrogens with one attached hydrogen (secondary N) is 1. The molecule has 0 bridgehead atoms. The minimum absolute atomic E-state index is 0.112. The maximum atomic E-state index is 12.5. The fourth-order valence-electron chi connectivity index (χ4n) is 2.31. The summed E-state index contributed by atoms with van der Waals surface area (Å²) in [5.74, 6) is -0.145. The minimum atomic E-state index is -3.59. The Hall–Kier alpha value is -0.960. The largest absolute Gasteiger partial charge is 0.339 e. The van der Waals surface area contributed by atoms with Crippen LogP contribution in [0.3, 0.4) is 0 Å². The number of likely N-dealkylation sites (N-methyl/N-ethyl adjacent to an activating group) is 1. The van der Waals surface area contributed by atoms with Gasteiger partial charge in [0, 0.05) is 38.1 Å². The Morgan fingerprint density at radius 3 is 2.52 bits per heavy atom. The van der Waals surface area contributed by atoms with E-state index in [2.05, 4.69) is 5.32 Å². The van der Waals surface area contributed by atoms with Gasteiger partial charge in [0.05, 0.1) is 6.54 Å². The molecule has 2 rings (SSSR count). The molecule has 0 aromatic carbocycles. The van der Waals surface area contributed by atoms with E-state index in [-0.39, 0.29) is 12.5 Å². The molecule has 6 nitrogen and oxygen atoms in total. The monoisotopic (exact) mass is 331 g/mol. The SMILES string of the molecule is Cc1cc(C)c(S(=O)(=O)N(C)CC(=O)N2CCNCC2)s1. The molecule has 0 aliphatic carbocycles. The molecule has 118 valence electrons. The van der Waals surface area contributed by atoms with Crippen LogP contribution in [0.4, 0.5) is 0 Å². The summed E-state index contributed by atoms with van der Waals surface area (Å²) in [6.45, 7) is 6.31. The van der Waals surface area contributed by atoms with Gasteiger partial charge in [-0.2, -0.15) is 4.31 Å². The van der Waals surface area contributed by atoms with Crippen molar-refractivity contribution in [1.29, 1.82) is 0 Å². The molecule has 1 aliphatic heterocycles. The number of amides is 1. The van der Waals surface area contributed by atoms with E-state index in [1.807, 2.05) is 13.0 Å². The molecule has 1 fully saturated rings. The Bertz CT molecular complexity index is 619. The van der Waals surface area contributed by atoms with Crippen molar-refractivity contribution in [2.75, 3.05) is 39.8 Å². The molecule has 1 amide bonds. The van der Waals surface area contributed by atoms with Crippen LogP contribution >= 0.6 is 11.3 Å². The summed E-state index contributed by atoms with van der Waals surface area (Å²) in [7, 11) is -2.13. The standard InChI is InChI=1S/C13H21N3O3S2/c1-10-8-11(2)20-13(10)21(18,19)15(3)9-12(17)16-6-4-14-5-7-16/h8,14H,4-7,9H2,1-3H3. The average Bonchev–Trinajstić information content (AvgIpc) is 2.79. The molecule has 0 unspecified atom stereocenters. The smallest absolute Gasteiger partial charge is 0.253 e. The number of thiophene rings is 1. The van der Waals surface area contributed by atoms with Crippen LogP contribution < -0.4 is 5.32 Å². The topological polar surface area (TPSA) is 69.7 Å². The van der Waals surface area contributed by atoms with Gasteiger partial charge in [-0.3, -0.25) is 4.79 Å². The van der Waals surface area contributed by atoms with E-state index in [1.54, 1.807) is 11.8 Å². The van der Waals surface area contributed by atoms with Crippen LogP contribution in [0, 0.1) is 13.8 Å². The molecule has 1 saturated heterocycles. The first kappa shape index (κ1) is 16.4. The van der Waals surface area contributed by atoms with E-state index >= 15 is 0 Å². The van der Waals surface area contributed by atoms with Gasteiger partial charge in [-0.05, 0) is 25.5 Å². The zero-order valence-corrected chi connectivity index (χ0v) is 14.2. The molecular weight excluding hydrogens is 310 g/mol. The summed E-state index contributed by atoms with van der Waals surface area (Å²) in [6, 6.07) is 1.85. The van der Waals surface area contributed by atoms with Gasteiger partial charge in [0.2, 0.25) is 5.91 Å². The van der Waals surface area contributed by atoms with Crippen molar-refractivity contribution in [1.82, 2.24) is 14.5 Å². The molecule has 0 radical (unpaired) electrons. The van der Waals surface area contributed by atoms with Gasteiger partial charge in [0.15, 0.2) is 0 Å². The van der Waals surface area contributed by atoms with E-state index in [4.69, 9.17) is 0 Å². The summed E-state index contributed by atoms with van der Waals surface area (Å²) in [4.78, 5) is 14.8. The first-order chi connectivity index (χ1) is 9.82. The number of hydrogen-bond acceptors (Lipinski definition) is 5. The highest BCUT2D eigenvalue weighted by molar-refractivity contribution is 7.91. The fraction of sp³-hybridized carbons (Fsp3) is 0.615. The summed E-state index contributed by atoms with van der Waals surface area (Å²) >= 11 is 1.25. The second-order valence-electron chi connectivity index (χ2n) is 5.22. The highest BCUT2D eigenvalue weighted by Gasteiger charge is 2.28. The predicted molar refractivity (Wildman–Crippen MR) is 83.1 cm³/mol.